The molecule has 19 heavy (non-hydrogen) atoms. The molecule has 102 valence electrons. The fraction of sp³-hybridized carbons (Fsp3) is 0.308. The Bertz CT molecular complexity index is 545. The summed E-state index contributed by atoms with van der Waals surface area (Å²) in [6.45, 7) is 4.18. The van der Waals surface area contributed by atoms with E-state index in [0.717, 1.165) is 23.8 Å². The fourth-order valence-corrected chi connectivity index (χ4v) is 2.55. The van der Waals surface area contributed by atoms with E-state index in [1.807, 2.05) is 5.38 Å². The van der Waals surface area contributed by atoms with Crippen LogP contribution in [0.15, 0.2) is 23.6 Å². The van der Waals surface area contributed by atoms with Crippen molar-refractivity contribution in [1.29, 1.82) is 0 Å². The van der Waals surface area contributed by atoms with Crippen LogP contribution in [0.3, 0.4) is 0 Å². The molecule has 0 aliphatic heterocycles. The predicted octanol–water partition coefficient (Wildman–Crippen LogP) is 4.14. The van der Waals surface area contributed by atoms with Crippen molar-refractivity contribution >= 4 is 34.5 Å². The zero-order valence-corrected chi connectivity index (χ0v) is 12.8. The molecule has 1 aromatic heterocycles. The first-order valence-electron chi connectivity index (χ1n) is 5.91. The highest BCUT2D eigenvalue weighted by molar-refractivity contribution is 7.09. The zero-order chi connectivity index (χ0) is 13.7. The lowest BCUT2D eigenvalue weighted by Gasteiger charge is -2.06. The molecular formula is C13H14Cl2N2OS. The summed E-state index contributed by atoms with van der Waals surface area (Å²) >= 11 is 13.5. The Morgan fingerprint density at radius 3 is 3.00 bits per heavy atom. The maximum absolute atomic E-state index is 6.02. The summed E-state index contributed by atoms with van der Waals surface area (Å²) in [5.41, 5.74) is 0.897. The van der Waals surface area contributed by atoms with Gasteiger partial charge in [-0.2, -0.15) is 0 Å². The number of hydrogen-bond acceptors (Lipinski definition) is 4. The van der Waals surface area contributed by atoms with E-state index in [2.05, 4.69) is 17.2 Å². The molecule has 0 aliphatic rings. The molecule has 2 rings (SSSR count). The van der Waals surface area contributed by atoms with Crippen LogP contribution in [0.25, 0.3) is 0 Å². The number of rotatable bonds is 6. The summed E-state index contributed by atoms with van der Waals surface area (Å²) in [6.07, 6.45) is 0. The van der Waals surface area contributed by atoms with Crippen molar-refractivity contribution in [1.82, 2.24) is 10.3 Å². The van der Waals surface area contributed by atoms with E-state index in [1.54, 1.807) is 29.5 Å². The summed E-state index contributed by atoms with van der Waals surface area (Å²) in [5, 5.41) is 7.43. The standard InChI is InChI=1S/C13H14Cl2N2OS/c1-2-16-6-13-17-10(8-19-13)7-18-12-5-9(14)3-4-11(12)15/h3-5,8,16H,2,6-7H2,1H3. The molecule has 0 unspecified atom stereocenters. The maximum atomic E-state index is 6.02. The molecule has 0 spiro atoms. The van der Waals surface area contributed by atoms with Gasteiger partial charge in [0.25, 0.3) is 0 Å². The number of nitrogens with one attached hydrogen (secondary N) is 1. The smallest absolute Gasteiger partial charge is 0.139 e. The van der Waals surface area contributed by atoms with Gasteiger partial charge >= 0.3 is 0 Å². The fourth-order valence-electron chi connectivity index (χ4n) is 1.47. The first kappa shape index (κ1) is 14.6. The summed E-state index contributed by atoms with van der Waals surface area (Å²) in [5.74, 6) is 0.579. The van der Waals surface area contributed by atoms with Crippen molar-refractivity contribution in [2.24, 2.45) is 0 Å². The average molecular weight is 317 g/mol. The molecule has 2 aromatic rings. The second kappa shape index (κ2) is 7.10. The van der Waals surface area contributed by atoms with E-state index >= 15 is 0 Å². The maximum Gasteiger partial charge on any atom is 0.139 e. The van der Waals surface area contributed by atoms with Crippen molar-refractivity contribution in [3.8, 4) is 5.75 Å². The number of benzene rings is 1. The molecule has 1 aromatic carbocycles. The van der Waals surface area contributed by atoms with Gasteiger partial charge in [0, 0.05) is 23.0 Å². The molecule has 0 aliphatic carbocycles. The minimum atomic E-state index is 0.392. The lowest BCUT2D eigenvalue weighted by Crippen LogP contribution is -2.11. The van der Waals surface area contributed by atoms with Crippen molar-refractivity contribution in [2.75, 3.05) is 6.54 Å². The third-order valence-corrected chi connectivity index (χ3v) is 3.84. The van der Waals surface area contributed by atoms with Crippen LogP contribution < -0.4 is 10.1 Å². The first-order chi connectivity index (χ1) is 9.19. The SMILES string of the molecule is CCNCc1nc(COc2cc(Cl)ccc2Cl)cs1. The number of aromatic nitrogens is 1. The molecule has 0 amide bonds. The lowest BCUT2D eigenvalue weighted by molar-refractivity contribution is 0.302. The van der Waals surface area contributed by atoms with E-state index in [1.165, 1.54) is 0 Å². The van der Waals surface area contributed by atoms with Crippen LogP contribution in [0.4, 0.5) is 0 Å². The third-order valence-electron chi connectivity index (χ3n) is 2.39. The molecule has 1 N–H and O–H groups in total. The van der Waals surface area contributed by atoms with Gasteiger partial charge in [0.05, 0.1) is 10.7 Å². The Hall–Kier alpha value is -0.810. The van der Waals surface area contributed by atoms with Gasteiger partial charge in [-0.1, -0.05) is 30.1 Å². The van der Waals surface area contributed by atoms with Gasteiger partial charge in [-0.25, -0.2) is 4.98 Å². The summed E-state index contributed by atoms with van der Waals surface area (Å²) < 4.78 is 5.63. The van der Waals surface area contributed by atoms with Gasteiger partial charge in [-0.15, -0.1) is 11.3 Å². The number of thiazole rings is 1. The number of nitrogens with zero attached hydrogens (tertiary/aromatic N) is 1. The van der Waals surface area contributed by atoms with Gasteiger partial charge in [0.15, 0.2) is 0 Å². The normalized spacial score (nSPS) is 10.7. The van der Waals surface area contributed by atoms with Crippen LogP contribution in [-0.4, -0.2) is 11.5 Å². The third kappa shape index (κ3) is 4.35. The van der Waals surface area contributed by atoms with Crippen molar-refractivity contribution in [3.05, 3.63) is 44.3 Å². The molecular weight excluding hydrogens is 303 g/mol. The number of ether oxygens (including phenoxy) is 1. The van der Waals surface area contributed by atoms with Crippen LogP contribution in [0, 0.1) is 0 Å². The lowest BCUT2D eigenvalue weighted by atomic mass is 10.3. The number of halogens is 2. The Morgan fingerprint density at radius 1 is 1.37 bits per heavy atom. The summed E-state index contributed by atoms with van der Waals surface area (Å²) in [7, 11) is 0. The topological polar surface area (TPSA) is 34.2 Å². The van der Waals surface area contributed by atoms with Gasteiger partial charge in [-0.05, 0) is 18.7 Å². The van der Waals surface area contributed by atoms with E-state index in [-0.39, 0.29) is 0 Å². The second-order valence-electron chi connectivity index (χ2n) is 3.88. The van der Waals surface area contributed by atoms with Crippen LogP contribution in [0.1, 0.15) is 17.6 Å². The minimum absolute atomic E-state index is 0.392. The van der Waals surface area contributed by atoms with Crippen molar-refractivity contribution in [2.45, 2.75) is 20.1 Å². The minimum Gasteiger partial charge on any atom is -0.486 e. The Kier molecular flexibility index (Phi) is 5.45. The molecule has 0 atom stereocenters. The highest BCUT2D eigenvalue weighted by Gasteiger charge is 2.06. The van der Waals surface area contributed by atoms with Crippen LogP contribution in [0.2, 0.25) is 10.0 Å². The molecule has 1 heterocycles. The quantitative estimate of drug-likeness (QED) is 0.869. The zero-order valence-electron chi connectivity index (χ0n) is 10.5. The van der Waals surface area contributed by atoms with Gasteiger partial charge in [0.2, 0.25) is 0 Å². The van der Waals surface area contributed by atoms with Crippen LogP contribution in [0.5, 0.6) is 5.75 Å². The molecule has 6 heteroatoms. The van der Waals surface area contributed by atoms with Gasteiger partial charge in [-0.3, -0.25) is 0 Å². The monoisotopic (exact) mass is 316 g/mol. The molecule has 0 radical (unpaired) electrons. The van der Waals surface area contributed by atoms with Crippen molar-refractivity contribution < 1.29 is 4.74 Å². The molecule has 3 nitrogen and oxygen atoms in total. The Balaban J connectivity index is 1.94. The average Bonchev–Trinajstić information content (AvgIpc) is 2.85. The highest BCUT2D eigenvalue weighted by Crippen LogP contribution is 2.28. The largest absolute Gasteiger partial charge is 0.486 e. The van der Waals surface area contributed by atoms with Crippen LogP contribution in [-0.2, 0) is 13.2 Å². The predicted molar refractivity (Wildman–Crippen MR) is 80.3 cm³/mol. The van der Waals surface area contributed by atoms with Gasteiger partial charge < -0.3 is 10.1 Å². The number of hydrogen-bond donors (Lipinski definition) is 1. The molecule has 0 bridgehead atoms. The van der Waals surface area contributed by atoms with Crippen molar-refractivity contribution in [3.63, 3.8) is 0 Å². The Labute approximate surface area is 126 Å². The summed E-state index contributed by atoms with van der Waals surface area (Å²) in [4.78, 5) is 4.47. The van der Waals surface area contributed by atoms with E-state index in [0.29, 0.717) is 22.4 Å². The first-order valence-corrected chi connectivity index (χ1v) is 7.54. The molecule has 0 saturated heterocycles. The van der Waals surface area contributed by atoms with E-state index in [4.69, 9.17) is 27.9 Å². The summed E-state index contributed by atoms with van der Waals surface area (Å²) in [6, 6.07) is 5.15. The highest BCUT2D eigenvalue weighted by atomic mass is 35.5. The van der Waals surface area contributed by atoms with E-state index < -0.39 is 0 Å². The second-order valence-corrected chi connectivity index (χ2v) is 5.66. The molecule has 0 saturated carbocycles. The van der Waals surface area contributed by atoms with Crippen LogP contribution >= 0.6 is 34.5 Å². The van der Waals surface area contributed by atoms with E-state index in [9.17, 15) is 0 Å². The Morgan fingerprint density at radius 2 is 2.21 bits per heavy atom. The van der Waals surface area contributed by atoms with Gasteiger partial charge in [0.1, 0.15) is 17.4 Å². The molecule has 0 fully saturated rings.